The van der Waals surface area contributed by atoms with Gasteiger partial charge in [-0.1, -0.05) is 47.7 Å². The molecule has 0 aliphatic carbocycles. The van der Waals surface area contributed by atoms with Gasteiger partial charge in [0.25, 0.3) is 5.56 Å². The monoisotopic (exact) mass is 428 g/mol. The van der Waals surface area contributed by atoms with E-state index in [1.54, 1.807) is 28.7 Å². The normalized spacial score (nSPS) is 11.9. The first-order valence-electron chi connectivity index (χ1n) is 9.55. The van der Waals surface area contributed by atoms with E-state index in [1.807, 2.05) is 54.6 Å². The maximum Gasteiger partial charge on any atom is 0.335 e. The maximum absolute atomic E-state index is 12.8. The van der Waals surface area contributed by atoms with Gasteiger partial charge in [-0.25, -0.2) is 14.2 Å². The largest absolute Gasteiger partial charge is 0.489 e. The molecule has 0 unspecified atom stereocenters. The Kier molecular flexibility index (Phi) is 4.72. The van der Waals surface area contributed by atoms with Crippen LogP contribution in [-0.4, -0.2) is 20.5 Å². The number of hydrogen-bond donors (Lipinski definition) is 1. The molecule has 0 fully saturated rings. The molecule has 152 valence electrons. The number of rotatable bonds is 5. The molecular weight excluding hydrogens is 412 g/mol. The SMILES string of the molecule is O=C(O)c1ccc(COc2ccc(/C=c3/sc4nc5ccccc5n4c3=O)cc2)cc1. The predicted molar refractivity (Wildman–Crippen MR) is 120 cm³/mol. The van der Waals surface area contributed by atoms with Crippen LogP contribution in [0.15, 0.2) is 77.6 Å². The second-order valence-corrected chi connectivity index (χ2v) is 8.00. The highest BCUT2D eigenvalue weighted by molar-refractivity contribution is 7.15. The van der Waals surface area contributed by atoms with E-state index in [0.717, 1.165) is 22.2 Å². The van der Waals surface area contributed by atoms with E-state index in [-0.39, 0.29) is 11.1 Å². The van der Waals surface area contributed by atoms with E-state index in [4.69, 9.17) is 9.84 Å². The van der Waals surface area contributed by atoms with Crippen molar-refractivity contribution < 1.29 is 14.6 Å². The van der Waals surface area contributed by atoms with Gasteiger partial charge in [0.1, 0.15) is 12.4 Å². The standard InChI is InChI=1S/C24H16N2O4S/c27-22-21(31-24-25-19-3-1-2-4-20(19)26(22)24)13-15-7-11-18(12-8-15)30-14-16-5-9-17(10-6-16)23(28)29/h1-13H,14H2,(H,28,29)/b21-13+. The summed E-state index contributed by atoms with van der Waals surface area (Å²) in [5.41, 5.74) is 3.58. The zero-order valence-electron chi connectivity index (χ0n) is 16.2. The molecule has 2 heterocycles. The highest BCUT2D eigenvalue weighted by Gasteiger charge is 2.10. The Morgan fingerprint density at radius 3 is 2.52 bits per heavy atom. The van der Waals surface area contributed by atoms with Gasteiger partial charge in [0.2, 0.25) is 0 Å². The van der Waals surface area contributed by atoms with Crippen LogP contribution in [0.3, 0.4) is 0 Å². The van der Waals surface area contributed by atoms with Crippen LogP contribution >= 0.6 is 11.3 Å². The zero-order chi connectivity index (χ0) is 21.4. The number of nitrogens with zero attached hydrogens (tertiary/aromatic N) is 2. The first-order chi connectivity index (χ1) is 15.1. The molecule has 0 amide bonds. The van der Waals surface area contributed by atoms with E-state index >= 15 is 0 Å². The van der Waals surface area contributed by atoms with Crippen molar-refractivity contribution in [3.63, 3.8) is 0 Å². The third-order valence-electron chi connectivity index (χ3n) is 4.93. The molecule has 0 aliphatic rings. The Hall–Kier alpha value is -3.97. The van der Waals surface area contributed by atoms with Crippen molar-refractivity contribution in [1.29, 1.82) is 0 Å². The molecule has 0 atom stereocenters. The summed E-state index contributed by atoms with van der Waals surface area (Å²) in [6, 6.07) is 21.7. The summed E-state index contributed by atoms with van der Waals surface area (Å²) < 4.78 is 8.05. The molecule has 0 bridgehead atoms. The number of benzene rings is 3. The number of carboxylic acid groups (broad SMARTS) is 1. The molecular formula is C24H16N2O4S. The van der Waals surface area contributed by atoms with Crippen LogP contribution in [0.1, 0.15) is 21.5 Å². The number of imidazole rings is 1. The number of carbonyl (C=O) groups is 1. The number of fused-ring (bicyclic) bond motifs is 3. The summed E-state index contributed by atoms with van der Waals surface area (Å²) in [5, 5.41) is 8.95. The van der Waals surface area contributed by atoms with E-state index in [1.165, 1.54) is 11.3 Å². The van der Waals surface area contributed by atoms with Crippen LogP contribution in [0.4, 0.5) is 0 Å². The van der Waals surface area contributed by atoms with Gasteiger partial charge in [0.05, 0.1) is 21.1 Å². The molecule has 0 radical (unpaired) electrons. The molecule has 3 aromatic carbocycles. The van der Waals surface area contributed by atoms with Gasteiger partial charge in [-0.05, 0) is 53.6 Å². The van der Waals surface area contributed by atoms with Crippen molar-refractivity contribution in [3.8, 4) is 5.75 Å². The summed E-state index contributed by atoms with van der Waals surface area (Å²) in [5.74, 6) is -0.262. The van der Waals surface area contributed by atoms with E-state index in [0.29, 0.717) is 21.8 Å². The Morgan fingerprint density at radius 1 is 1.03 bits per heavy atom. The van der Waals surface area contributed by atoms with Gasteiger partial charge >= 0.3 is 5.97 Å². The van der Waals surface area contributed by atoms with Crippen molar-refractivity contribution in [2.75, 3.05) is 0 Å². The summed E-state index contributed by atoms with van der Waals surface area (Å²) in [6.07, 6.45) is 1.85. The summed E-state index contributed by atoms with van der Waals surface area (Å²) in [7, 11) is 0. The average molecular weight is 428 g/mol. The van der Waals surface area contributed by atoms with Crippen molar-refractivity contribution >= 4 is 39.4 Å². The molecule has 6 nitrogen and oxygen atoms in total. The van der Waals surface area contributed by atoms with Gasteiger partial charge in [-0.2, -0.15) is 0 Å². The lowest BCUT2D eigenvalue weighted by Crippen LogP contribution is -2.22. The van der Waals surface area contributed by atoms with E-state index in [2.05, 4.69) is 4.98 Å². The second kappa shape index (κ2) is 7.70. The molecule has 7 heteroatoms. The van der Waals surface area contributed by atoms with Gasteiger partial charge in [-0.3, -0.25) is 4.79 Å². The number of ether oxygens (including phenoxy) is 1. The number of thiazole rings is 1. The number of aromatic nitrogens is 2. The Balaban J connectivity index is 1.35. The lowest BCUT2D eigenvalue weighted by Gasteiger charge is -2.07. The van der Waals surface area contributed by atoms with E-state index < -0.39 is 5.97 Å². The molecule has 0 saturated heterocycles. The topological polar surface area (TPSA) is 80.9 Å². The van der Waals surface area contributed by atoms with Crippen LogP contribution in [0, 0.1) is 0 Å². The Bertz CT molecular complexity index is 1520. The number of hydrogen-bond acceptors (Lipinski definition) is 5. The lowest BCUT2D eigenvalue weighted by molar-refractivity contribution is 0.0697. The smallest absolute Gasteiger partial charge is 0.335 e. The fourth-order valence-corrected chi connectivity index (χ4v) is 4.32. The molecule has 0 spiro atoms. The third kappa shape index (κ3) is 3.67. The van der Waals surface area contributed by atoms with Crippen molar-refractivity contribution in [2.24, 2.45) is 0 Å². The predicted octanol–water partition coefficient (Wildman–Crippen LogP) is 3.73. The fourth-order valence-electron chi connectivity index (χ4n) is 3.33. The lowest BCUT2D eigenvalue weighted by atomic mass is 10.1. The summed E-state index contributed by atoms with van der Waals surface area (Å²) >= 11 is 1.37. The Morgan fingerprint density at radius 2 is 1.77 bits per heavy atom. The maximum atomic E-state index is 12.8. The minimum atomic E-state index is -0.951. The van der Waals surface area contributed by atoms with Crippen LogP contribution in [-0.2, 0) is 6.61 Å². The average Bonchev–Trinajstić information content (AvgIpc) is 3.29. The van der Waals surface area contributed by atoms with Gasteiger partial charge in [0.15, 0.2) is 4.96 Å². The van der Waals surface area contributed by atoms with E-state index in [9.17, 15) is 9.59 Å². The molecule has 5 aromatic rings. The number of carboxylic acids is 1. The first kappa shape index (κ1) is 19.0. The third-order valence-corrected chi connectivity index (χ3v) is 5.90. The van der Waals surface area contributed by atoms with Crippen LogP contribution < -0.4 is 14.8 Å². The molecule has 31 heavy (non-hydrogen) atoms. The highest BCUT2D eigenvalue weighted by Crippen LogP contribution is 2.17. The zero-order valence-corrected chi connectivity index (χ0v) is 17.0. The van der Waals surface area contributed by atoms with Crippen molar-refractivity contribution in [1.82, 2.24) is 9.38 Å². The van der Waals surface area contributed by atoms with Crippen LogP contribution in [0.5, 0.6) is 5.75 Å². The molecule has 0 aliphatic heterocycles. The first-order valence-corrected chi connectivity index (χ1v) is 10.4. The minimum Gasteiger partial charge on any atom is -0.489 e. The molecule has 2 aromatic heterocycles. The van der Waals surface area contributed by atoms with Crippen LogP contribution in [0.2, 0.25) is 0 Å². The highest BCUT2D eigenvalue weighted by atomic mass is 32.1. The molecule has 0 saturated carbocycles. The fraction of sp³-hybridized carbons (Fsp3) is 0.0417. The van der Waals surface area contributed by atoms with Gasteiger partial charge in [-0.15, -0.1) is 0 Å². The Labute approximate surface area is 180 Å². The van der Waals surface area contributed by atoms with Gasteiger partial charge in [0, 0.05) is 0 Å². The van der Waals surface area contributed by atoms with Crippen LogP contribution in [0.25, 0.3) is 22.1 Å². The summed E-state index contributed by atoms with van der Waals surface area (Å²) in [4.78, 5) is 29.0. The minimum absolute atomic E-state index is 0.0705. The molecule has 5 rings (SSSR count). The quantitative estimate of drug-likeness (QED) is 0.461. The summed E-state index contributed by atoms with van der Waals surface area (Å²) in [6.45, 7) is 0.336. The van der Waals surface area contributed by atoms with Crippen molar-refractivity contribution in [2.45, 2.75) is 6.61 Å². The second-order valence-electron chi connectivity index (χ2n) is 6.99. The molecule has 1 N–H and O–H groups in total. The number of aromatic carboxylic acids is 1. The van der Waals surface area contributed by atoms with Gasteiger partial charge < -0.3 is 9.84 Å². The number of para-hydroxylation sites is 2. The van der Waals surface area contributed by atoms with Crippen molar-refractivity contribution in [3.05, 3.63) is 104 Å².